The van der Waals surface area contributed by atoms with E-state index in [-0.39, 0.29) is 12.4 Å². The topological polar surface area (TPSA) is 79.1 Å². The molecule has 0 spiro atoms. The molecule has 2 aromatic carbocycles. The van der Waals surface area contributed by atoms with Gasteiger partial charge in [0.25, 0.3) is 0 Å². The van der Waals surface area contributed by atoms with Gasteiger partial charge in [0.1, 0.15) is 5.75 Å². The molecule has 4 rings (SSSR count). The predicted molar refractivity (Wildman–Crippen MR) is 110 cm³/mol. The van der Waals surface area contributed by atoms with Crippen LogP contribution < -0.4 is 0 Å². The first-order valence-electron chi connectivity index (χ1n) is 9.11. The number of fused-ring (bicyclic) bond motifs is 1. The SMILES string of the molecule is Cc1cnc(C)c(-c2ccc(O)c(-c3cc(C)c4ccc(CO)cc4n3)c2)n1. The van der Waals surface area contributed by atoms with E-state index in [2.05, 4.69) is 9.97 Å². The number of aromatic nitrogens is 3. The molecule has 4 aromatic rings. The highest BCUT2D eigenvalue weighted by Crippen LogP contribution is 2.34. The summed E-state index contributed by atoms with van der Waals surface area (Å²) in [5.74, 6) is 0.159. The van der Waals surface area contributed by atoms with Gasteiger partial charge in [-0.05, 0) is 62.2 Å². The molecule has 28 heavy (non-hydrogen) atoms. The molecular formula is C23H21N3O2. The molecule has 0 bridgehead atoms. The van der Waals surface area contributed by atoms with Crippen LogP contribution in [0.2, 0.25) is 0 Å². The number of rotatable bonds is 3. The molecule has 0 aliphatic heterocycles. The Hall–Kier alpha value is -3.31. The maximum atomic E-state index is 10.5. The van der Waals surface area contributed by atoms with Crippen molar-refractivity contribution in [1.29, 1.82) is 0 Å². The lowest BCUT2D eigenvalue weighted by molar-refractivity contribution is 0.282. The molecule has 0 atom stereocenters. The number of aryl methyl sites for hydroxylation is 3. The number of aliphatic hydroxyl groups is 1. The number of aromatic hydroxyl groups is 1. The second kappa shape index (κ2) is 7.02. The van der Waals surface area contributed by atoms with Crippen LogP contribution in [0.25, 0.3) is 33.4 Å². The number of nitrogens with zero attached hydrogens (tertiary/aromatic N) is 3. The van der Waals surface area contributed by atoms with E-state index in [9.17, 15) is 10.2 Å². The maximum absolute atomic E-state index is 10.5. The standard InChI is InChI=1S/C23H21N3O2/c1-13-8-20(26-21-9-16(12-27)4-6-18(13)21)19-10-17(5-7-22(19)28)23-15(3)24-11-14(2)25-23/h4-11,27-28H,12H2,1-3H3. The van der Waals surface area contributed by atoms with Gasteiger partial charge in [0.2, 0.25) is 0 Å². The maximum Gasteiger partial charge on any atom is 0.125 e. The van der Waals surface area contributed by atoms with Gasteiger partial charge in [-0.3, -0.25) is 4.98 Å². The Balaban J connectivity index is 1.90. The van der Waals surface area contributed by atoms with E-state index in [1.54, 1.807) is 12.3 Å². The number of phenolic OH excluding ortho intramolecular Hbond substituents is 1. The fraction of sp³-hybridized carbons (Fsp3) is 0.174. The van der Waals surface area contributed by atoms with E-state index in [1.807, 2.05) is 57.2 Å². The summed E-state index contributed by atoms with van der Waals surface area (Å²) in [6.07, 6.45) is 1.74. The van der Waals surface area contributed by atoms with Crippen molar-refractivity contribution in [3.8, 4) is 28.3 Å². The largest absolute Gasteiger partial charge is 0.507 e. The third-order valence-electron chi connectivity index (χ3n) is 4.89. The van der Waals surface area contributed by atoms with Crippen molar-refractivity contribution in [2.45, 2.75) is 27.4 Å². The molecule has 5 nitrogen and oxygen atoms in total. The number of phenols is 1. The summed E-state index contributed by atoms with van der Waals surface area (Å²) >= 11 is 0. The van der Waals surface area contributed by atoms with Gasteiger partial charge >= 0.3 is 0 Å². The average molecular weight is 371 g/mol. The molecule has 0 fully saturated rings. The minimum Gasteiger partial charge on any atom is -0.507 e. The van der Waals surface area contributed by atoms with E-state index in [0.29, 0.717) is 11.3 Å². The van der Waals surface area contributed by atoms with Crippen LogP contribution in [0.3, 0.4) is 0 Å². The molecule has 2 aromatic heterocycles. The minimum atomic E-state index is -0.0348. The Morgan fingerprint density at radius 3 is 2.54 bits per heavy atom. The van der Waals surface area contributed by atoms with Gasteiger partial charge in [-0.25, -0.2) is 9.97 Å². The first-order chi connectivity index (χ1) is 13.5. The lowest BCUT2D eigenvalue weighted by Crippen LogP contribution is -1.96. The summed E-state index contributed by atoms with van der Waals surface area (Å²) < 4.78 is 0. The van der Waals surface area contributed by atoms with Crippen molar-refractivity contribution in [3.63, 3.8) is 0 Å². The van der Waals surface area contributed by atoms with Crippen LogP contribution >= 0.6 is 0 Å². The molecule has 2 N–H and O–H groups in total. The number of benzene rings is 2. The van der Waals surface area contributed by atoms with Gasteiger partial charge in [0.05, 0.1) is 34.9 Å². The van der Waals surface area contributed by atoms with Crippen LogP contribution in [0.5, 0.6) is 5.75 Å². The van der Waals surface area contributed by atoms with Crippen LogP contribution in [-0.2, 0) is 6.61 Å². The first-order valence-corrected chi connectivity index (χ1v) is 9.11. The highest BCUT2D eigenvalue weighted by atomic mass is 16.3. The summed E-state index contributed by atoms with van der Waals surface area (Å²) in [6, 6.07) is 13.1. The lowest BCUT2D eigenvalue weighted by atomic mass is 10.00. The molecule has 0 aliphatic carbocycles. The Morgan fingerprint density at radius 1 is 0.929 bits per heavy atom. The number of aliphatic hydroxyl groups excluding tert-OH is 1. The predicted octanol–water partition coefficient (Wildman–Crippen LogP) is 4.48. The minimum absolute atomic E-state index is 0.0348. The van der Waals surface area contributed by atoms with Crippen LogP contribution in [0.1, 0.15) is 22.5 Å². The van der Waals surface area contributed by atoms with E-state index < -0.39 is 0 Å². The summed E-state index contributed by atoms with van der Waals surface area (Å²) in [4.78, 5) is 13.7. The number of hydrogen-bond acceptors (Lipinski definition) is 5. The van der Waals surface area contributed by atoms with Crippen molar-refractivity contribution in [1.82, 2.24) is 15.0 Å². The number of pyridine rings is 1. The zero-order valence-corrected chi connectivity index (χ0v) is 16.1. The van der Waals surface area contributed by atoms with Gasteiger partial charge in [0.15, 0.2) is 0 Å². The third-order valence-corrected chi connectivity index (χ3v) is 4.89. The molecule has 140 valence electrons. The fourth-order valence-electron chi connectivity index (χ4n) is 3.38. The van der Waals surface area contributed by atoms with E-state index in [4.69, 9.17) is 4.98 Å². The molecule has 0 saturated heterocycles. The summed E-state index contributed by atoms with van der Waals surface area (Å²) in [5.41, 5.74) is 7.31. The van der Waals surface area contributed by atoms with Crippen molar-refractivity contribution >= 4 is 10.9 Å². The fourth-order valence-corrected chi connectivity index (χ4v) is 3.38. The Bertz CT molecular complexity index is 1200. The monoisotopic (exact) mass is 371 g/mol. The number of hydrogen-bond donors (Lipinski definition) is 2. The quantitative estimate of drug-likeness (QED) is 0.555. The highest BCUT2D eigenvalue weighted by Gasteiger charge is 2.13. The Kier molecular flexibility index (Phi) is 4.53. The average Bonchev–Trinajstić information content (AvgIpc) is 2.69. The Morgan fingerprint density at radius 2 is 1.75 bits per heavy atom. The van der Waals surface area contributed by atoms with Crippen LogP contribution in [-0.4, -0.2) is 25.2 Å². The summed E-state index contributed by atoms with van der Waals surface area (Å²) in [7, 11) is 0. The smallest absolute Gasteiger partial charge is 0.125 e. The van der Waals surface area contributed by atoms with Crippen LogP contribution in [0.4, 0.5) is 0 Å². The first kappa shape index (κ1) is 18.1. The Labute approximate surface area is 163 Å². The van der Waals surface area contributed by atoms with Crippen LogP contribution in [0, 0.1) is 20.8 Å². The summed E-state index contributed by atoms with van der Waals surface area (Å²) in [6.45, 7) is 5.81. The van der Waals surface area contributed by atoms with E-state index in [1.165, 1.54) is 0 Å². The zero-order valence-electron chi connectivity index (χ0n) is 16.1. The molecule has 0 saturated carbocycles. The molecule has 5 heteroatoms. The normalized spacial score (nSPS) is 11.1. The highest BCUT2D eigenvalue weighted by molar-refractivity contribution is 5.87. The third kappa shape index (κ3) is 3.21. The van der Waals surface area contributed by atoms with Crippen LogP contribution in [0.15, 0.2) is 48.7 Å². The molecule has 2 heterocycles. The summed E-state index contributed by atoms with van der Waals surface area (Å²) in [5, 5.41) is 21.0. The van der Waals surface area contributed by atoms with Crippen molar-refractivity contribution in [3.05, 3.63) is 71.2 Å². The van der Waals surface area contributed by atoms with Gasteiger partial charge in [-0.1, -0.05) is 12.1 Å². The van der Waals surface area contributed by atoms with Gasteiger partial charge in [0, 0.05) is 22.7 Å². The lowest BCUT2D eigenvalue weighted by Gasteiger charge is -2.12. The van der Waals surface area contributed by atoms with Crippen molar-refractivity contribution in [2.24, 2.45) is 0 Å². The van der Waals surface area contributed by atoms with E-state index in [0.717, 1.165) is 44.7 Å². The van der Waals surface area contributed by atoms with Crippen molar-refractivity contribution in [2.75, 3.05) is 0 Å². The van der Waals surface area contributed by atoms with Crippen molar-refractivity contribution < 1.29 is 10.2 Å². The second-order valence-corrected chi connectivity index (χ2v) is 7.01. The zero-order chi connectivity index (χ0) is 19.8. The van der Waals surface area contributed by atoms with Gasteiger partial charge in [-0.2, -0.15) is 0 Å². The molecule has 0 amide bonds. The van der Waals surface area contributed by atoms with Gasteiger partial charge < -0.3 is 10.2 Å². The molecule has 0 radical (unpaired) electrons. The second-order valence-electron chi connectivity index (χ2n) is 7.01. The van der Waals surface area contributed by atoms with Gasteiger partial charge in [-0.15, -0.1) is 0 Å². The molecule has 0 aliphatic rings. The molecule has 0 unspecified atom stereocenters. The van der Waals surface area contributed by atoms with E-state index >= 15 is 0 Å². The molecular weight excluding hydrogens is 350 g/mol.